The molecule has 0 bridgehead atoms. The molecule has 5 heteroatoms. The van der Waals surface area contributed by atoms with Gasteiger partial charge in [-0.15, -0.1) is 0 Å². The number of aromatic hydroxyl groups is 2. The van der Waals surface area contributed by atoms with Crippen LogP contribution in [0.4, 0.5) is 0 Å². The average Bonchev–Trinajstić information content (AvgIpc) is 2.28. The molecule has 1 aromatic carbocycles. The van der Waals surface area contributed by atoms with Crippen molar-refractivity contribution in [2.24, 2.45) is 0 Å². The third-order valence-electron chi connectivity index (χ3n) is 2.53. The minimum atomic E-state index is -0.621. The molecule has 1 aromatic rings. The number of phenolic OH excluding ortho intramolecular Hbond substituents is 2. The van der Waals surface area contributed by atoms with E-state index in [9.17, 15) is 9.90 Å². The van der Waals surface area contributed by atoms with E-state index in [4.69, 9.17) is 14.9 Å². The predicted molar refractivity (Wildman–Crippen MR) is 65.6 cm³/mol. The van der Waals surface area contributed by atoms with E-state index < -0.39 is 5.97 Å². The molecule has 0 aliphatic rings. The van der Waals surface area contributed by atoms with Crippen molar-refractivity contribution in [2.45, 2.75) is 32.3 Å². The first-order valence-electron chi connectivity index (χ1n) is 5.88. The molecule has 3 N–H and O–H groups in total. The van der Waals surface area contributed by atoms with Crippen molar-refractivity contribution in [1.82, 2.24) is 0 Å². The molecular weight excluding hydrogens is 236 g/mol. The number of ether oxygens (including phenoxy) is 1. The van der Waals surface area contributed by atoms with Crippen LogP contribution in [0.1, 0.15) is 36.5 Å². The predicted octanol–water partition coefficient (Wildman–Crippen LogP) is 1.81. The number of phenols is 2. The lowest BCUT2D eigenvalue weighted by Gasteiger charge is -2.13. The molecule has 0 saturated heterocycles. The first-order valence-corrected chi connectivity index (χ1v) is 5.88. The Bertz CT molecular complexity index is 402. The summed E-state index contributed by atoms with van der Waals surface area (Å²) in [5.41, 5.74) is 0.0295. The fourth-order valence-electron chi connectivity index (χ4n) is 1.54. The summed E-state index contributed by atoms with van der Waals surface area (Å²) in [7, 11) is 0. The maximum Gasteiger partial charge on any atom is 0.342 e. The van der Waals surface area contributed by atoms with Crippen molar-refractivity contribution in [3.8, 4) is 11.5 Å². The van der Waals surface area contributed by atoms with Gasteiger partial charge in [0, 0.05) is 12.7 Å². The first kappa shape index (κ1) is 14.3. The maximum atomic E-state index is 11.7. The summed E-state index contributed by atoms with van der Waals surface area (Å²) in [5, 5.41) is 27.2. The second-order valence-corrected chi connectivity index (χ2v) is 4.14. The Morgan fingerprint density at radius 3 is 2.67 bits per heavy atom. The monoisotopic (exact) mass is 254 g/mol. The zero-order chi connectivity index (χ0) is 13.5. The highest BCUT2D eigenvalue weighted by Gasteiger charge is 2.15. The second-order valence-electron chi connectivity index (χ2n) is 4.14. The van der Waals surface area contributed by atoms with Gasteiger partial charge in [0.2, 0.25) is 0 Å². The summed E-state index contributed by atoms with van der Waals surface area (Å²) in [5.74, 6) is -1.04. The lowest BCUT2D eigenvalue weighted by molar-refractivity contribution is 0.0314. The van der Waals surface area contributed by atoms with Crippen LogP contribution in [0.15, 0.2) is 18.2 Å². The Hall–Kier alpha value is -1.75. The van der Waals surface area contributed by atoms with Crippen molar-refractivity contribution >= 4 is 5.97 Å². The van der Waals surface area contributed by atoms with Crippen LogP contribution in [0.2, 0.25) is 0 Å². The van der Waals surface area contributed by atoms with Crippen LogP contribution in [0.25, 0.3) is 0 Å². The van der Waals surface area contributed by atoms with E-state index >= 15 is 0 Å². The van der Waals surface area contributed by atoms with Crippen LogP contribution in [-0.4, -0.2) is 34.0 Å². The number of carbonyl (C=O) groups is 1. The molecule has 18 heavy (non-hydrogen) atoms. The molecule has 0 aromatic heterocycles. The minimum Gasteiger partial charge on any atom is -0.508 e. The summed E-state index contributed by atoms with van der Waals surface area (Å²) >= 11 is 0. The lowest BCUT2D eigenvalue weighted by atomic mass is 10.1. The molecule has 0 fully saturated rings. The van der Waals surface area contributed by atoms with Gasteiger partial charge in [-0.3, -0.25) is 0 Å². The normalized spacial score (nSPS) is 12.1. The number of esters is 1. The molecular formula is C13H18O5. The molecule has 0 spiro atoms. The summed E-state index contributed by atoms with van der Waals surface area (Å²) in [6, 6.07) is 3.72. The van der Waals surface area contributed by atoms with Crippen molar-refractivity contribution < 1.29 is 24.9 Å². The molecule has 0 heterocycles. The Balaban J connectivity index is 2.54. The van der Waals surface area contributed by atoms with Crippen LogP contribution in [-0.2, 0) is 4.74 Å². The van der Waals surface area contributed by atoms with Gasteiger partial charge < -0.3 is 20.1 Å². The second kappa shape index (κ2) is 6.86. The van der Waals surface area contributed by atoms with E-state index in [-0.39, 0.29) is 29.8 Å². The summed E-state index contributed by atoms with van der Waals surface area (Å²) in [6.45, 7) is 1.88. The quantitative estimate of drug-likeness (QED) is 0.532. The topological polar surface area (TPSA) is 87.0 Å². The highest BCUT2D eigenvalue weighted by atomic mass is 16.5. The molecule has 0 saturated carbocycles. The number of carbonyl (C=O) groups excluding carboxylic acids is 1. The fraction of sp³-hybridized carbons (Fsp3) is 0.462. The maximum absolute atomic E-state index is 11.7. The molecule has 0 radical (unpaired) electrons. The number of aliphatic hydroxyl groups is 1. The summed E-state index contributed by atoms with van der Waals surface area (Å²) in [6.07, 6.45) is 1.82. The van der Waals surface area contributed by atoms with E-state index in [1.165, 1.54) is 12.1 Å². The van der Waals surface area contributed by atoms with Crippen LogP contribution in [0.5, 0.6) is 11.5 Å². The van der Waals surface area contributed by atoms with Gasteiger partial charge in [0.1, 0.15) is 17.1 Å². The van der Waals surface area contributed by atoms with Crippen molar-refractivity contribution in [2.75, 3.05) is 6.61 Å². The summed E-state index contributed by atoms with van der Waals surface area (Å²) in [4.78, 5) is 11.7. The smallest absolute Gasteiger partial charge is 0.342 e. The number of benzene rings is 1. The largest absolute Gasteiger partial charge is 0.508 e. The molecule has 0 aliphatic carbocycles. The Labute approximate surface area is 106 Å². The van der Waals surface area contributed by atoms with Gasteiger partial charge in [0.05, 0.1) is 6.10 Å². The Kier molecular flexibility index (Phi) is 5.45. The van der Waals surface area contributed by atoms with E-state index in [0.29, 0.717) is 12.8 Å². The number of hydrogen-bond acceptors (Lipinski definition) is 5. The van der Waals surface area contributed by atoms with Gasteiger partial charge in [-0.1, -0.05) is 0 Å². The van der Waals surface area contributed by atoms with Crippen molar-refractivity contribution in [3.05, 3.63) is 23.8 Å². The zero-order valence-corrected chi connectivity index (χ0v) is 10.3. The van der Waals surface area contributed by atoms with E-state index in [0.717, 1.165) is 12.5 Å². The Morgan fingerprint density at radius 2 is 2.06 bits per heavy atom. The minimum absolute atomic E-state index is 0.0295. The molecule has 5 nitrogen and oxygen atoms in total. The molecule has 0 amide bonds. The molecule has 0 aliphatic heterocycles. The molecule has 1 atom stereocenters. The number of aliphatic hydroxyl groups excluding tert-OH is 1. The van der Waals surface area contributed by atoms with Gasteiger partial charge in [-0.05, 0) is 38.3 Å². The van der Waals surface area contributed by atoms with Crippen molar-refractivity contribution in [1.29, 1.82) is 0 Å². The van der Waals surface area contributed by atoms with Crippen molar-refractivity contribution in [3.63, 3.8) is 0 Å². The number of unbranched alkanes of at least 4 members (excludes halogenated alkanes) is 1. The van der Waals surface area contributed by atoms with Crippen LogP contribution >= 0.6 is 0 Å². The van der Waals surface area contributed by atoms with Crippen LogP contribution in [0, 0.1) is 0 Å². The number of hydrogen-bond donors (Lipinski definition) is 3. The standard InChI is InChI=1S/C13H18O5/c1-9(4-2-3-7-14)18-13(17)11-6-5-10(15)8-12(11)16/h5-6,8-9,14-16H,2-4,7H2,1H3. The van der Waals surface area contributed by atoms with E-state index in [1.54, 1.807) is 6.92 Å². The third kappa shape index (κ3) is 4.25. The number of rotatable bonds is 6. The van der Waals surface area contributed by atoms with E-state index in [2.05, 4.69) is 0 Å². The molecule has 1 rings (SSSR count). The highest BCUT2D eigenvalue weighted by molar-refractivity contribution is 5.92. The molecule has 1 unspecified atom stereocenters. The SMILES string of the molecule is CC(CCCCO)OC(=O)c1ccc(O)cc1O. The Morgan fingerprint density at radius 1 is 1.33 bits per heavy atom. The van der Waals surface area contributed by atoms with Gasteiger partial charge in [-0.25, -0.2) is 4.79 Å². The molecule has 100 valence electrons. The zero-order valence-electron chi connectivity index (χ0n) is 10.3. The van der Waals surface area contributed by atoms with Gasteiger partial charge >= 0.3 is 5.97 Å². The van der Waals surface area contributed by atoms with Gasteiger partial charge in [0.25, 0.3) is 0 Å². The first-order chi connectivity index (χ1) is 8.54. The third-order valence-corrected chi connectivity index (χ3v) is 2.53. The highest BCUT2D eigenvalue weighted by Crippen LogP contribution is 2.23. The van der Waals surface area contributed by atoms with Crippen LogP contribution < -0.4 is 0 Å². The van der Waals surface area contributed by atoms with Gasteiger partial charge in [0.15, 0.2) is 0 Å². The lowest BCUT2D eigenvalue weighted by Crippen LogP contribution is -2.15. The summed E-state index contributed by atoms with van der Waals surface area (Å²) < 4.78 is 5.14. The van der Waals surface area contributed by atoms with E-state index in [1.807, 2.05) is 0 Å². The fourth-order valence-corrected chi connectivity index (χ4v) is 1.54. The van der Waals surface area contributed by atoms with Gasteiger partial charge in [-0.2, -0.15) is 0 Å². The van der Waals surface area contributed by atoms with Crippen LogP contribution in [0.3, 0.4) is 0 Å². The average molecular weight is 254 g/mol.